The van der Waals surface area contributed by atoms with Gasteiger partial charge in [-0.15, -0.1) is 0 Å². The fraction of sp³-hybridized carbons (Fsp3) is 0.269. The SMILES string of the molecule is COc1ccc(C(=O)N2CCC[C@@H](c3nc4ccccc4cc3N)C2)cc1Cn1cccn1. The van der Waals surface area contributed by atoms with Crippen molar-refractivity contribution in [1.29, 1.82) is 0 Å². The van der Waals surface area contributed by atoms with Crippen LogP contribution in [-0.2, 0) is 6.54 Å². The Bertz CT molecular complexity index is 1290. The van der Waals surface area contributed by atoms with Crippen molar-refractivity contribution in [2.45, 2.75) is 25.3 Å². The molecule has 0 aliphatic carbocycles. The molecular weight excluding hydrogens is 414 g/mol. The molecule has 0 radical (unpaired) electrons. The van der Waals surface area contributed by atoms with Crippen LogP contribution in [0.2, 0.25) is 0 Å². The van der Waals surface area contributed by atoms with Crippen LogP contribution in [0.4, 0.5) is 5.69 Å². The number of ether oxygens (including phenoxy) is 1. The zero-order chi connectivity index (χ0) is 22.8. The van der Waals surface area contributed by atoms with Crippen LogP contribution in [-0.4, -0.2) is 45.8 Å². The lowest BCUT2D eigenvalue weighted by molar-refractivity contribution is 0.0706. The van der Waals surface area contributed by atoms with E-state index in [1.54, 1.807) is 13.3 Å². The molecule has 3 heterocycles. The van der Waals surface area contributed by atoms with E-state index in [0.717, 1.165) is 47.3 Å². The molecule has 7 heteroatoms. The van der Waals surface area contributed by atoms with Gasteiger partial charge in [0.1, 0.15) is 5.75 Å². The maximum absolute atomic E-state index is 13.4. The smallest absolute Gasteiger partial charge is 0.253 e. The van der Waals surface area contributed by atoms with E-state index in [4.69, 9.17) is 15.5 Å². The summed E-state index contributed by atoms with van der Waals surface area (Å²) in [6.45, 7) is 1.87. The van der Waals surface area contributed by atoms with Crippen LogP contribution in [0.15, 0.2) is 67.0 Å². The molecule has 7 nitrogen and oxygen atoms in total. The number of likely N-dealkylation sites (tertiary alicyclic amines) is 1. The van der Waals surface area contributed by atoms with Crippen molar-refractivity contribution < 1.29 is 9.53 Å². The van der Waals surface area contributed by atoms with Crippen molar-refractivity contribution in [3.63, 3.8) is 0 Å². The Morgan fingerprint density at radius 3 is 2.88 bits per heavy atom. The molecule has 1 amide bonds. The number of pyridine rings is 1. The van der Waals surface area contributed by atoms with Crippen LogP contribution in [0, 0.1) is 0 Å². The average molecular weight is 442 g/mol. The van der Waals surface area contributed by atoms with Crippen LogP contribution in [0.25, 0.3) is 10.9 Å². The number of para-hydroxylation sites is 1. The number of amides is 1. The Hall–Kier alpha value is -3.87. The molecule has 33 heavy (non-hydrogen) atoms. The summed E-state index contributed by atoms with van der Waals surface area (Å²) in [5.74, 6) is 0.879. The number of nitrogen functional groups attached to an aromatic ring is 1. The number of carbonyl (C=O) groups excluding carboxylic acids is 1. The topological polar surface area (TPSA) is 86.3 Å². The van der Waals surface area contributed by atoms with Gasteiger partial charge in [0, 0.05) is 47.9 Å². The van der Waals surface area contributed by atoms with E-state index in [1.807, 2.05) is 70.4 Å². The Balaban J connectivity index is 1.39. The lowest BCUT2D eigenvalue weighted by atomic mass is 9.92. The maximum atomic E-state index is 13.4. The van der Waals surface area contributed by atoms with Gasteiger partial charge in [0.05, 0.1) is 30.6 Å². The van der Waals surface area contributed by atoms with Gasteiger partial charge in [0.15, 0.2) is 0 Å². The molecular formula is C26H27N5O2. The molecule has 0 unspecified atom stereocenters. The number of fused-ring (bicyclic) bond motifs is 1. The van der Waals surface area contributed by atoms with Crippen LogP contribution in [0.5, 0.6) is 5.75 Å². The molecule has 1 fully saturated rings. The minimum Gasteiger partial charge on any atom is -0.496 e. The van der Waals surface area contributed by atoms with E-state index in [1.165, 1.54) is 0 Å². The predicted octanol–water partition coefficient (Wildman–Crippen LogP) is 4.09. The molecule has 0 spiro atoms. The quantitative estimate of drug-likeness (QED) is 0.504. The normalized spacial score (nSPS) is 16.2. The molecule has 1 saturated heterocycles. The summed E-state index contributed by atoms with van der Waals surface area (Å²) in [5.41, 5.74) is 10.5. The summed E-state index contributed by atoms with van der Waals surface area (Å²) in [5, 5.41) is 5.30. The van der Waals surface area contributed by atoms with Crippen LogP contribution in [0.1, 0.15) is 40.4 Å². The lowest BCUT2D eigenvalue weighted by Crippen LogP contribution is -2.39. The number of rotatable bonds is 5. The number of aromatic nitrogens is 3. The third-order valence-corrected chi connectivity index (χ3v) is 6.30. The highest BCUT2D eigenvalue weighted by Gasteiger charge is 2.28. The number of methoxy groups -OCH3 is 1. The van der Waals surface area contributed by atoms with Gasteiger partial charge in [-0.2, -0.15) is 5.10 Å². The number of nitrogens with two attached hydrogens (primary N) is 1. The first kappa shape index (κ1) is 21.0. The first-order chi connectivity index (χ1) is 16.1. The number of nitrogens with zero attached hydrogens (tertiary/aromatic N) is 4. The van der Waals surface area contributed by atoms with Gasteiger partial charge in [-0.1, -0.05) is 18.2 Å². The third kappa shape index (κ3) is 4.26. The predicted molar refractivity (Wildman–Crippen MR) is 128 cm³/mol. The number of benzene rings is 2. The van der Waals surface area contributed by atoms with E-state index in [2.05, 4.69) is 5.10 Å². The van der Waals surface area contributed by atoms with Gasteiger partial charge < -0.3 is 15.4 Å². The minimum atomic E-state index is 0.0171. The molecule has 2 aromatic carbocycles. The summed E-state index contributed by atoms with van der Waals surface area (Å²) in [6, 6.07) is 17.5. The van der Waals surface area contributed by atoms with Gasteiger partial charge in [-0.3, -0.25) is 14.5 Å². The Labute approximate surface area is 192 Å². The molecule has 0 saturated carbocycles. The highest BCUT2D eigenvalue weighted by atomic mass is 16.5. The van der Waals surface area contributed by atoms with Crippen LogP contribution >= 0.6 is 0 Å². The molecule has 5 rings (SSSR count). The van der Waals surface area contributed by atoms with Gasteiger partial charge >= 0.3 is 0 Å². The van der Waals surface area contributed by atoms with E-state index < -0.39 is 0 Å². The molecule has 0 bridgehead atoms. The monoisotopic (exact) mass is 441 g/mol. The number of hydrogen-bond donors (Lipinski definition) is 1. The number of carbonyl (C=O) groups is 1. The highest BCUT2D eigenvalue weighted by molar-refractivity contribution is 5.94. The molecule has 1 atom stereocenters. The van der Waals surface area contributed by atoms with Crippen LogP contribution in [0.3, 0.4) is 0 Å². The minimum absolute atomic E-state index is 0.0171. The van der Waals surface area contributed by atoms with Gasteiger partial charge in [-0.25, -0.2) is 0 Å². The maximum Gasteiger partial charge on any atom is 0.253 e. The lowest BCUT2D eigenvalue weighted by Gasteiger charge is -2.33. The van der Waals surface area contributed by atoms with E-state index in [9.17, 15) is 4.79 Å². The fourth-order valence-electron chi connectivity index (χ4n) is 4.65. The van der Waals surface area contributed by atoms with E-state index in [0.29, 0.717) is 24.3 Å². The summed E-state index contributed by atoms with van der Waals surface area (Å²) in [4.78, 5) is 20.2. The van der Waals surface area contributed by atoms with Crippen molar-refractivity contribution in [3.8, 4) is 5.75 Å². The Morgan fingerprint density at radius 1 is 1.18 bits per heavy atom. The first-order valence-corrected chi connectivity index (χ1v) is 11.2. The molecule has 168 valence electrons. The third-order valence-electron chi connectivity index (χ3n) is 6.30. The van der Waals surface area contributed by atoms with Crippen LogP contribution < -0.4 is 10.5 Å². The molecule has 4 aromatic rings. The summed E-state index contributed by atoms with van der Waals surface area (Å²) in [7, 11) is 1.64. The standard InChI is InChI=1S/C26H27N5O2/c1-33-24-10-9-19(14-21(24)17-31-13-5-11-28-31)26(32)30-12-4-7-20(16-30)25-22(27)15-18-6-2-3-8-23(18)29-25/h2-3,5-6,8-11,13-15,20H,4,7,12,16-17,27H2,1H3/t20-/m1/s1. The van der Waals surface area contributed by atoms with Gasteiger partial charge in [-0.05, 0) is 49.2 Å². The second kappa shape index (κ2) is 8.94. The summed E-state index contributed by atoms with van der Waals surface area (Å²) >= 11 is 0. The summed E-state index contributed by atoms with van der Waals surface area (Å²) < 4.78 is 7.33. The fourth-order valence-corrected chi connectivity index (χ4v) is 4.65. The van der Waals surface area contributed by atoms with E-state index in [-0.39, 0.29) is 11.8 Å². The Kier molecular flexibility index (Phi) is 5.69. The first-order valence-electron chi connectivity index (χ1n) is 11.2. The highest BCUT2D eigenvalue weighted by Crippen LogP contribution is 2.32. The zero-order valence-corrected chi connectivity index (χ0v) is 18.6. The second-order valence-electron chi connectivity index (χ2n) is 8.48. The number of piperidine rings is 1. The molecule has 2 N–H and O–H groups in total. The van der Waals surface area contributed by atoms with Crippen molar-refractivity contribution in [1.82, 2.24) is 19.7 Å². The molecule has 2 aromatic heterocycles. The van der Waals surface area contributed by atoms with E-state index >= 15 is 0 Å². The number of anilines is 1. The number of hydrogen-bond acceptors (Lipinski definition) is 5. The Morgan fingerprint density at radius 2 is 2.06 bits per heavy atom. The van der Waals surface area contributed by atoms with Crippen molar-refractivity contribution in [2.75, 3.05) is 25.9 Å². The van der Waals surface area contributed by atoms with Gasteiger partial charge in [0.2, 0.25) is 0 Å². The summed E-state index contributed by atoms with van der Waals surface area (Å²) in [6.07, 6.45) is 5.51. The molecule has 1 aliphatic heterocycles. The van der Waals surface area contributed by atoms with Crippen molar-refractivity contribution in [3.05, 3.63) is 83.8 Å². The molecule has 1 aliphatic rings. The second-order valence-corrected chi connectivity index (χ2v) is 8.48. The van der Waals surface area contributed by atoms with Gasteiger partial charge in [0.25, 0.3) is 5.91 Å². The average Bonchev–Trinajstić information content (AvgIpc) is 3.36. The van der Waals surface area contributed by atoms with Crippen molar-refractivity contribution in [2.24, 2.45) is 0 Å². The van der Waals surface area contributed by atoms with Crippen molar-refractivity contribution >= 4 is 22.5 Å². The zero-order valence-electron chi connectivity index (χ0n) is 18.6. The largest absolute Gasteiger partial charge is 0.496 e.